The van der Waals surface area contributed by atoms with E-state index < -0.39 is 64.1 Å². The number of hydrogen-bond acceptors (Lipinski definition) is 7. The molecule has 0 spiro atoms. The van der Waals surface area contributed by atoms with Gasteiger partial charge in [0.1, 0.15) is 29.6 Å². The van der Waals surface area contributed by atoms with Crippen molar-refractivity contribution < 1.29 is 41.0 Å². The largest absolute Gasteiger partial charge is 0.473 e. The van der Waals surface area contributed by atoms with Crippen molar-refractivity contribution in [2.45, 2.75) is 32.9 Å². The van der Waals surface area contributed by atoms with Gasteiger partial charge in [0.2, 0.25) is 5.88 Å². The second-order valence-corrected chi connectivity index (χ2v) is 12.0. The molecule has 0 amide bonds. The van der Waals surface area contributed by atoms with Crippen molar-refractivity contribution in [3.63, 3.8) is 0 Å². The number of nitrogens with zero attached hydrogens (tertiary/aromatic N) is 4. The lowest BCUT2D eigenvalue weighted by Gasteiger charge is -2.28. The minimum atomic E-state index is -1.49. The van der Waals surface area contributed by atoms with Crippen LogP contribution in [0.3, 0.4) is 0 Å². The van der Waals surface area contributed by atoms with Gasteiger partial charge in [-0.25, -0.2) is 36.7 Å². The summed E-state index contributed by atoms with van der Waals surface area (Å²) in [5.41, 5.74) is -1.57. The normalized spacial score (nSPS) is 15.4. The number of methoxy groups -OCH3 is 1. The van der Waals surface area contributed by atoms with Crippen LogP contribution in [0, 0.1) is 45.8 Å². The molecule has 1 atom stereocenters. The van der Waals surface area contributed by atoms with Crippen LogP contribution < -0.4 is 4.74 Å². The zero-order valence-corrected chi connectivity index (χ0v) is 25.9. The van der Waals surface area contributed by atoms with E-state index in [1.54, 1.807) is 4.57 Å². The van der Waals surface area contributed by atoms with Gasteiger partial charge >= 0.3 is 5.97 Å². The molecule has 1 aliphatic rings. The SMILES string of the molecule is COC(=O)c1cc(F)c2nc(Cc3c(F)cc(-c4cccc(OCc5ccc(C#N)cc5F)n4)c(F)c3F)n(C3COCC3(C)C)c2c1. The number of esters is 1. The predicted molar refractivity (Wildman–Crippen MR) is 162 cm³/mol. The Morgan fingerprint density at radius 3 is 2.50 bits per heavy atom. The number of rotatable bonds is 8. The van der Waals surface area contributed by atoms with Crippen LogP contribution in [0.4, 0.5) is 22.0 Å². The maximum Gasteiger partial charge on any atom is 0.338 e. The standard InChI is InChI=1S/C35H27F5N4O4/c1-35(2)17-47-16-28(35)44-27-11-20(34(45)46-3)10-25(38)33(27)43-29(44)13-21-24(37)12-22(32(40)31(21)39)26-5-4-6-30(42-26)48-15-19-8-7-18(14-41)9-23(19)36/h4-12,28H,13,15-17H2,1-3H3. The lowest BCUT2D eigenvalue weighted by atomic mass is 9.87. The van der Waals surface area contributed by atoms with Crippen LogP contribution in [-0.4, -0.2) is 40.8 Å². The molecular weight excluding hydrogens is 635 g/mol. The Hall–Kier alpha value is -5.35. The number of imidazole rings is 1. The first-order valence-electron chi connectivity index (χ1n) is 14.7. The Bertz CT molecular complexity index is 2130. The molecule has 0 aliphatic carbocycles. The molecule has 0 N–H and O–H groups in total. The van der Waals surface area contributed by atoms with Crippen molar-refractivity contribution in [3.05, 3.63) is 112 Å². The molecule has 1 aliphatic heterocycles. The van der Waals surface area contributed by atoms with E-state index in [0.29, 0.717) is 6.61 Å². The number of nitriles is 1. The summed E-state index contributed by atoms with van der Waals surface area (Å²) in [6.07, 6.45) is -0.560. The number of carbonyl (C=O) groups is 1. The Labute approximate surface area is 271 Å². The molecular formula is C35H27F5N4O4. The zero-order valence-electron chi connectivity index (χ0n) is 25.9. The van der Waals surface area contributed by atoms with Gasteiger partial charge in [0.05, 0.1) is 54.8 Å². The molecule has 0 bridgehead atoms. The molecule has 1 fully saturated rings. The molecule has 3 aromatic carbocycles. The third kappa shape index (κ3) is 5.95. The van der Waals surface area contributed by atoms with Crippen LogP contribution >= 0.6 is 0 Å². The van der Waals surface area contributed by atoms with Gasteiger partial charge in [-0.1, -0.05) is 26.0 Å². The van der Waals surface area contributed by atoms with Crippen molar-refractivity contribution in [2.24, 2.45) is 5.41 Å². The van der Waals surface area contributed by atoms with Crippen molar-refractivity contribution >= 4 is 17.0 Å². The minimum absolute atomic E-state index is 0.0306. The van der Waals surface area contributed by atoms with Crippen molar-refractivity contribution in [1.82, 2.24) is 14.5 Å². The van der Waals surface area contributed by atoms with E-state index >= 15 is 17.6 Å². The molecule has 13 heteroatoms. The van der Waals surface area contributed by atoms with Crippen molar-refractivity contribution in [2.75, 3.05) is 20.3 Å². The number of carbonyl (C=O) groups excluding carboxylic acids is 1. The summed E-state index contributed by atoms with van der Waals surface area (Å²) in [6.45, 7) is 4.05. The molecule has 3 heterocycles. The molecule has 8 nitrogen and oxygen atoms in total. The highest BCUT2D eigenvalue weighted by Gasteiger charge is 2.40. The Morgan fingerprint density at radius 2 is 1.81 bits per heavy atom. The summed E-state index contributed by atoms with van der Waals surface area (Å²) in [4.78, 5) is 20.8. The minimum Gasteiger partial charge on any atom is -0.473 e. The summed E-state index contributed by atoms with van der Waals surface area (Å²) in [6, 6.07) is 12.5. The fraction of sp³-hybridized carbons (Fsp3) is 0.257. The molecule has 246 valence electrons. The highest BCUT2D eigenvalue weighted by Crippen LogP contribution is 2.41. The van der Waals surface area contributed by atoms with E-state index in [1.807, 2.05) is 19.9 Å². The van der Waals surface area contributed by atoms with Gasteiger partial charge in [-0.15, -0.1) is 0 Å². The van der Waals surface area contributed by atoms with E-state index in [4.69, 9.17) is 19.5 Å². The topological polar surface area (TPSA) is 99.3 Å². The van der Waals surface area contributed by atoms with E-state index in [1.165, 1.54) is 36.4 Å². The van der Waals surface area contributed by atoms with Crippen LogP contribution in [0.5, 0.6) is 5.88 Å². The lowest BCUT2D eigenvalue weighted by Crippen LogP contribution is -2.27. The molecule has 48 heavy (non-hydrogen) atoms. The van der Waals surface area contributed by atoms with E-state index in [9.17, 15) is 9.18 Å². The molecule has 1 unspecified atom stereocenters. The van der Waals surface area contributed by atoms with Crippen LogP contribution in [0.2, 0.25) is 0 Å². The average Bonchev–Trinajstić information content (AvgIpc) is 3.61. The van der Waals surface area contributed by atoms with E-state index in [2.05, 4.69) is 9.97 Å². The number of pyridine rings is 1. The number of hydrogen-bond donors (Lipinski definition) is 0. The number of ether oxygens (including phenoxy) is 3. The zero-order chi connectivity index (χ0) is 34.3. The molecule has 2 aromatic heterocycles. The second-order valence-electron chi connectivity index (χ2n) is 12.0. The Morgan fingerprint density at radius 1 is 1.02 bits per heavy atom. The van der Waals surface area contributed by atoms with Gasteiger partial charge in [0.15, 0.2) is 17.5 Å². The number of benzene rings is 3. The van der Waals surface area contributed by atoms with Gasteiger partial charge < -0.3 is 18.8 Å². The van der Waals surface area contributed by atoms with Crippen LogP contribution in [0.25, 0.3) is 22.3 Å². The summed E-state index contributed by atoms with van der Waals surface area (Å²) in [5, 5.41) is 8.92. The average molecular weight is 663 g/mol. The highest BCUT2D eigenvalue weighted by atomic mass is 19.2. The molecule has 1 saturated heterocycles. The summed E-state index contributed by atoms with van der Waals surface area (Å²) >= 11 is 0. The number of halogens is 5. The van der Waals surface area contributed by atoms with Gasteiger partial charge in [-0.3, -0.25) is 0 Å². The third-order valence-corrected chi connectivity index (χ3v) is 8.35. The van der Waals surface area contributed by atoms with Gasteiger partial charge in [-0.05, 0) is 36.4 Å². The first-order valence-corrected chi connectivity index (χ1v) is 14.7. The van der Waals surface area contributed by atoms with Crippen LogP contribution in [0.1, 0.15) is 52.8 Å². The maximum atomic E-state index is 15.7. The van der Waals surface area contributed by atoms with Gasteiger partial charge in [-0.2, -0.15) is 5.26 Å². The van der Waals surface area contributed by atoms with Crippen molar-refractivity contribution in [1.29, 1.82) is 5.26 Å². The third-order valence-electron chi connectivity index (χ3n) is 8.35. The predicted octanol–water partition coefficient (Wildman–Crippen LogP) is 7.22. The molecule has 5 aromatic rings. The second kappa shape index (κ2) is 12.7. The van der Waals surface area contributed by atoms with E-state index in [-0.39, 0.29) is 58.3 Å². The number of fused-ring (bicyclic) bond motifs is 1. The monoisotopic (exact) mass is 662 g/mol. The Balaban J connectivity index is 1.36. The molecule has 0 radical (unpaired) electrons. The smallest absolute Gasteiger partial charge is 0.338 e. The summed E-state index contributed by atoms with van der Waals surface area (Å²) in [5.74, 6) is -6.32. The van der Waals surface area contributed by atoms with Crippen LogP contribution in [-0.2, 0) is 22.5 Å². The Kier molecular flexibility index (Phi) is 8.61. The van der Waals surface area contributed by atoms with E-state index in [0.717, 1.165) is 25.3 Å². The first kappa shape index (κ1) is 32.6. The van der Waals surface area contributed by atoms with Gasteiger partial charge in [0.25, 0.3) is 0 Å². The fourth-order valence-corrected chi connectivity index (χ4v) is 5.76. The quantitative estimate of drug-likeness (QED) is 0.0983. The van der Waals surface area contributed by atoms with Gasteiger partial charge in [0, 0.05) is 34.6 Å². The highest BCUT2D eigenvalue weighted by molar-refractivity contribution is 5.94. The number of aromatic nitrogens is 3. The van der Waals surface area contributed by atoms with Crippen molar-refractivity contribution in [3.8, 4) is 23.2 Å². The van der Waals surface area contributed by atoms with Crippen LogP contribution in [0.15, 0.2) is 54.6 Å². The first-order chi connectivity index (χ1) is 22.9. The maximum absolute atomic E-state index is 15.7. The summed E-state index contributed by atoms with van der Waals surface area (Å²) in [7, 11) is 1.16. The molecule has 6 rings (SSSR count). The fourth-order valence-electron chi connectivity index (χ4n) is 5.76. The summed E-state index contributed by atoms with van der Waals surface area (Å²) < 4.78 is 94.3. The lowest BCUT2D eigenvalue weighted by molar-refractivity contribution is 0.0600. The molecule has 0 saturated carbocycles.